The van der Waals surface area contributed by atoms with Crippen LogP contribution in [0.4, 0.5) is 11.8 Å². The molecule has 2 aliphatic rings. The molecule has 1 aliphatic heterocycles. The lowest BCUT2D eigenvalue weighted by Crippen LogP contribution is -2.31. The second kappa shape index (κ2) is 9.52. The molecule has 7 heteroatoms. The molecule has 0 bridgehead atoms. The van der Waals surface area contributed by atoms with E-state index in [0.29, 0.717) is 22.9 Å². The number of piperidine rings is 1. The molecule has 1 saturated heterocycles. The van der Waals surface area contributed by atoms with Crippen molar-refractivity contribution >= 4 is 23.4 Å². The van der Waals surface area contributed by atoms with Gasteiger partial charge in [-0.3, -0.25) is 0 Å². The lowest BCUT2D eigenvalue weighted by molar-refractivity contribution is 0.389. The van der Waals surface area contributed by atoms with E-state index in [0.717, 1.165) is 36.7 Å². The Morgan fingerprint density at radius 3 is 2.71 bits per heavy atom. The van der Waals surface area contributed by atoms with Gasteiger partial charge in [0.1, 0.15) is 5.82 Å². The number of nitrogens with one attached hydrogen (secondary N) is 3. The predicted octanol–water partition coefficient (Wildman–Crippen LogP) is 4.35. The number of hydrogen-bond donors (Lipinski definition) is 3. The van der Waals surface area contributed by atoms with Crippen LogP contribution < -0.4 is 16.0 Å². The molecule has 2 aromatic rings. The van der Waals surface area contributed by atoms with Crippen molar-refractivity contribution in [3.8, 4) is 11.3 Å². The van der Waals surface area contributed by atoms with Crippen LogP contribution in [0.2, 0.25) is 5.02 Å². The Hall–Kier alpha value is -1.92. The summed E-state index contributed by atoms with van der Waals surface area (Å²) in [5, 5.41) is 10.9. The average molecular weight is 401 g/mol. The summed E-state index contributed by atoms with van der Waals surface area (Å²) in [4.78, 5) is 13.6. The van der Waals surface area contributed by atoms with E-state index in [4.69, 9.17) is 16.6 Å². The van der Waals surface area contributed by atoms with E-state index in [1.54, 1.807) is 6.20 Å². The van der Waals surface area contributed by atoms with Gasteiger partial charge in [0.15, 0.2) is 0 Å². The minimum absolute atomic E-state index is 0.461. The van der Waals surface area contributed by atoms with Crippen molar-refractivity contribution in [1.82, 2.24) is 20.3 Å². The largest absolute Gasteiger partial charge is 0.370 e. The second-order valence-electron chi connectivity index (χ2n) is 7.87. The third-order valence-electron chi connectivity index (χ3n) is 5.75. The smallest absolute Gasteiger partial charge is 0.223 e. The van der Waals surface area contributed by atoms with Crippen molar-refractivity contribution in [3.05, 3.63) is 29.5 Å². The maximum Gasteiger partial charge on any atom is 0.223 e. The summed E-state index contributed by atoms with van der Waals surface area (Å²) in [6.07, 6.45) is 12.2. The maximum absolute atomic E-state index is 6.42. The summed E-state index contributed by atoms with van der Waals surface area (Å²) >= 11 is 6.42. The number of pyridine rings is 1. The number of nitrogens with zero attached hydrogens (tertiary/aromatic N) is 3. The van der Waals surface area contributed by atoms with Crippen LogP contribution in [-0.4, -0.2) is 40.6 Å². The molecular weight excluding hydrogens is 372 g/mol. The lowest BCUT2D eigenvalue weighted by atomic mass is 9.96. The van der Waals surface area contributed by atoms with E-state index in [1.165, 1.54) is 44.9 Å². The Morgan fingerprint density at radius 2 is 1.89 bits per heavy atom. The normalized spacial score (nSPS) is 18.8. The molecule has 0 unspecified atom stereocenters. The molecule has 150 valence electrons. The summed E-state index contributed by atoms with van der Waals surface area (Å²) in [6.45, 7) is 3.16. The number of halogens is 1. The fourth-order valence-corrected chi connectivity index (χ4v) is 4.28. The minimum Gasteiger partial charge on any atom is -0.370 e. The predicted molar refractivity (Wildman–Crippen MR) is 115 cm³/mol. The van der Waals surface area contributed by atoms with Crippen molar-refractivity contribution in [2.45, 2.75) is 51.0 Å². The molecule has 1 saturated carbocycles. The summed E-state index contributed by atoms with van der Waals surface area (Å²) in [5.74, 6) is 2.22. The molecule has 2 fully saturated rings. The minimum atomic E-state index is 0.461. The van der Waals surface area contributed by atoms with Crippen molar-refractivity contribution in [3.63, 3.8) is 0 Å². The van der Waals surface area contributed by atoms with Crippen molar-refractivity contribution in [1.29, 1.82) is 0 Å². The van der Waals surface area contributed by atoms with E-state index in [-0.39, 0.29) is 0 Å². The third kappa shape index (κ3) is 5.11. The van der Waals surface area contributed by atoms with Gasteiger partial charge in [0.2, 0.25) is 5.95 Å². The van der Waals surface area contributed by atoms with Crippen molar-refractivity contribution in [2.24, 2.45) is 5.92 Å². The Balaban J connectivity index is 1.45. The number of aromatic nitrogens is 3. The molecule has 3 heterocycles. The van der Waals surface area contributed by atoms with Gasteiger partial charge in [-0.1, -0.05) is 30.9 Å². The first-order valence-corrected chi connectivity index (χ1v) is 10.9. The number of rotatable bonds is 6. The van der Waals surface area contributed by atoms with Gasteiger partial charge in [0, 0.05) is 24.3 Å². The first-order chi connectivity index (χ1) is 13.8. The van der Waals surface area contributed by atoms with Crippen LogP contribution >= 0.6 is 11.6 Å². The molecule has 6 nitrogen and oxygen atoms in total. The van der Waals surface area contributed by atoms with E-state index < -0.39 is 0 Å². The van der Waals surface area contributed by atoms with Gasteiger partial charge in [-0.25, -0.2) is 15.0 Å². The summed E-state index contributed by atoms with van der Waals surface area (Å²) < 4.78 is 0. The van der Waals surface area contributed by atoms with E-state index in [1.807, 2.05) is 18.3 Å². The summed E-state index contributed by atoms with van der Waals surface area (Å²) in [7, 11) is 0. The molecule has 1 aliphatic carbocycles. The van der Waals surface area contributed by atoms with Crippen molar-refractivity contribution < 1.29 is 0 Å². The number of anilines is 2. The second-order valence-corrected chi connectivity index (χ2v) is 8.28. The third-order valence-corrected chi connectivity index (χ3v) is 6.02. The Morgan fingerprint density at radius 1 is 1.07 bits per heavy atom. The molecule has 0 spiro atoms. The first-order valence-electron chi connectivity index (χ1n) is 10.5. The molecule has 0 radical (unpaired) electrons. The van der Waals surface area contributed by atoms with Crippen molar-refractivity contribution in [2.75, 3.05) is 30.3 Å². The van der Waals surface area contributed by atoms with Crippen LogP contribution in [0, 0.1) is 5.92 Å². The highest BCUT2D eigenvalue weighted by Gasteiger charge is 2.16. The molecule has 0 amide bonds. The van der Waals surface area contributed by atoms with Gasteiger partial charge in [0.05, 0.1) is 16.9 Å². The van der Waals surface area contributed by atoms with Crippen LogP contribution in [0.15, 0.2) is 24.5 Å². The monoisotopic (exact) mass is 400 g/mol. The lowest BCUT2D eigenvalue weighted by Gasteiger charge is -2.23. The van der Waals surface area contributed by atoms with Crippen LogP contribution in [0.3, 0.4) is 0 Å². The molecule has 2 aromatic heterocycles. The summed E-state index contributed by atoms with van der Waals surface area (Å²) in [6, 6.07) is 4.44. The van der Waals surface area contributed by atoms with Gasteiger partial charge >= 0.3 is 0 Å². The molecule has 3 N–H and O–H groups in total. The van der Waals surface area contributed by atoms with Gasteiger partial charge in [0.25, 0.3) is 0 Å². The van der Waals surface area contributed by atoms with Crippen LogP contribution in [0.5, 0.6) is 0 Å². The Kier molecular flexibility index (Phi) is 6.60. The number of hydrogen-bond acceptors (Lipinski definition) is 6. The van der Waals surface area contributed by atoms with Crippen LogP contribution in [0.25, 0.3) is 11.3 Å². The standard InChI is InChI=1S/C21H29ClN6/c22-18-14-26-21(27-17-4-2-1-3-5-17)28-20(18)16-8-11-24-19(12-16)25-13-15-6-9-23-10-7-15/h8,11-12,14-15,17,23H,1-7,9-10,13H2,(H,24,25)(H,26,27,28). The molecule has 0 aromatic carbocycles. The highest BCUT2D eigenvalue weighted by atomic mass is 35.5. The van der Waals surface area contributed by atoms with E-state index in [2.05, 4.69) is 25.9 Å². The van der Waals surface area contributed by atoms with Gasteiger partial charge in [-0.05, 0) is 56.8 Å². The maximum atomic E-state index is 6.42. The van der Waals surface area contributed by atoms with Crippen LogP contribution in [-0.2, 0) is 0 Å². The molecule has 0 atom stereocenters. The first kappa shape index (κ1) is 19.4. The summed E-state index contributed by atoms with van der Waals surface area (Å²) in [5.41, 5.74) is 1.71. The Bertz CT molecular complexity index is 771. The Labute approximate surface area is 171 Å². The fraction of sp³-hybridized carbons (Fsp3) is 0.571. The quantitative estimate of drug-likeness (QED) is 0.669. The SMILES string of the molecule is Clc1cnc(NC2CCCCC2)nc1-c1ccnc(NCC2CCNCC2)c1. The fourth-order valence-electron chi connectivity index (χ4n) is 4.08. The average Bonchev–Trinajstić information content (AvgIpc) is 2.75. The van der Waals surface area contributed by atoms with E-state index in [9.17, 15) is 0 Å². The van der Waals surface area contributed by atoms with Crippen LogP contribution in [0.1, 0.15) is 44.9 Å². The topological polar surface area (TPSA) is 74.8 Å². The zero-order valence-corrected chi connectivity index (χ0v) is 17.0. The van der Waals surface area contributed by atoms with Gasteiger partial charge in [-0.15, -0.1) is 0 Å². The highest BCUT2D eigenvalue weighted by Crippen LogP contribution is 2.28. The zero-order valence-electron chi connectivity index (χ0n) is 16.3. The highest BCUT2D eigenvalue weighted by molar-refractivity contribution is 6.32. The molecule has 4 rings (SSSR count). The zero-order chi connectivity index (χ0) is 19.2. The molecule has 28 heavy (non-hydrogen) atoms. The van der Waals surface area contributed by atoms with Gasteiger partial charge < -0.3 is 16.0 Å². The van der Waals surface area contributed by atoms with Gasteiger partial charge in [-0.2, -0.15) is 0 Å². The molecular formula is C21H29ClN6. The van der Waals surface area contributed by atoms with E-state index >= 15 is 0 Å².